The highest BCUT2D eigenvalue weighted by molar-refractivity contribution is 5.78. The van der Waals surface area contributed by atoms with Gasteiger partial charge in [0.1, 0.15) is 0 Å². The summed E-state index contributed by atoms with van der Waals surface area (Å²) in [7, 11) is 1.53. The molecule has 106 valence electrons. The predicted octanol–water partition coefficient (Wildman–Crippen LogP) is 0.941. The highest BCUT2D eigenvalue weighted by atomic mass is 19.2. The topological polar surface area (TPSA) is 55.6 Å². The van der Waals surface area contributed by atoms with Gasteiger partial charge in [-0.05, 0) is 6.07 Å². The Bertz CT molecular complexity index is 427. The summed E-state index contributed by atoms with van der Waals surface area (Å²) in [6.45, 7) is 1.42. The Labute approximate surface area is 111 Å². The number of rotatable bonds is 7. The third-order valence-corrected chi connectivity index (χ3v) is 2.69. The average molecular weight is 272 g/mol. The summed E-state index contributed by atoms with van der Waals surface area (Å²) >= 11 is 0. The largest absolute Gasteiger partial charge is 0.383 e. The van der Waals surface area contributed by atoms with Crippen molar-refractivity contribution in [1.82, 2.24) is 4.90 Å². The average Bonchev–Trinajstić information content (AvgIpc) is 2.39. The van der Waals surface area contributed by atoms with Crippen LogP contribution in [0.2, 0.25) is 0 Å². The molecule has 0 aliphatic rings. The van der Waals surface area contributed by atoms with E-state index in [-0.39, 0.29) is 17.9 Å². The number of halogens is 2. The molecule has 0 aliphatic carbocycles. The van der Waals surface area contributed by atoms with Crippen LogP contribution in [0.25, 0.3) is 0 Å². The molecule has 0 unspecified atom stereocenters. The van der Waals surface area contributed by atoms with Gasteiger partial charge in [0.05, 0.1) is 13.0 Å². The van der Waals surface area contributed by atoms with Gasteiger partial charge in [0.2, 0.25) is 5.91 Å². The van der Waals surface area contributed by atoms with Gasteiger partial charge in [-0.15, -0.1) is 0 Å². The minimum absolute atomic E-state index is 0.0458. The van der Waals surface area contributed by atoms with E-state index in [4.69, 9.17) is 10.5 Å². The zero-order valence-electron chi connectivity index (χ0n) is 10.9. The molecule has 0 spiro atoms. The first-order chi connectivity index (χ1) is 9.10. The van der Waals surface area contributed by atoms with E-state index in [9.17, 15) is 13.6 Å². The molecule has 2 N–H and O–H groups in total. The summed E-state index contributed by atoms with van der Waals surface area (Å²) in [6, 6.07) is 3.79. The van der Waals surface area contributed by atoms with Crippen molar-refractivity contribution in [3.63, 3.8) is 0 Å². The van der Waals surface area contributed by atoms with E-state index < -0.39 is 11.6 Å². The fourth-order valence-electron chi connectivity index (χ4n) is 1.68. The van der Waals surface area contributed by atoms with Gasteiger partial charge in [-0.2, -0.15) is 0 Å². The van der Waals surface area contributed by atoms with E-state index in [1.807, 2.05) is 0 Å². The molecule has 0 aliphatic heterocycles. The van der Waals surface area contributed by atoms with Crippen molar-refractivity contribution in [1.29, 1.82) is 0 Å². The van der Waals surface area contributed by atoms with Gasteiger partial charge in [0, 0.05) is 32.3 Å². The first-order valence-electron chi connectivity index (χ1n) is 5.99. The second kappa shape index (κ2) is 7.81. The molecule has 1 rings (SSSR count). The lowest BCUT2D eigenvalue weighted by Gasteiger charge is -2.21. The SMILES string of the molecule is COCCN(CCN)C(=O)Cc1cccc(F)c1F. The van der Waals surface area contributed by atoms with Crippen molar-refractivity contribution in [2.24, 2.45) is 5.73 Å². The Morgan fingerprint density at radius 3 is 2.74 bits per heavy atom. The highest BCUT2D eigenvalue weighted by Crippen LogP contribution is 2.12. The molecule has 0 atom stereocenters. The van der Waals surface area contributed by atoms with Gasteiger partial charge in [-0.1, -0.05) is 12.1 Å². The van der Waals surface area contributed by atoms with Crippen LogP contribution >= 0.6 is 0 Å². The lowest BCUT2D eigenvalue weighted by atomic mass is 10.1. The van der Waals surface area contributed by atoms with Gasteiger partial charge < -0.3 is 15.4 Å². The fourth-order valence-corrected chi connectivity index (χ4v) is 1.68. The van der Waals surface area contributed by atoms with Crippen molar-refractivity contribution in [2.75, 3.05) is 33.4 Å². The molecule has 1 amide bonds. The molecule has 19 heavy (non-hydrogen) atoms. The van der Waals surface area contributed by atoms with E-state index in [2.05, 4.69) is 0 Å². The van der Waals surface area contributed by atoms with Crippen LogP contribution in [0.3, 0.4) is 0 Å². The molecule has 0 heterocycles. The normalized spacial score (nSPS) is 10.5. The molecule has 0 fully saturated rings. The van der Waals surface area contributed by atoms with Crippen LogP contribution in [-0.2, 0) is 16.0 Å². The van der Waals surface area contributed by atoms with Crippen LogP contribution in [0.15, 0.2) is 18.2 Å². The minimum Gasteiger partial charge on any atom is -0.383 e. The van der Waals surface area contributed by atoms with Crippen molar-refractivity contribution in [3.05, 3.63) is 35.4 Å². The number of benzene rings is 1. The summed E-state index contributed by atoms with van der Waals surface area (Å²) in [5, 5.41) is 0. The Morgan fingerprint density at radius 2 is 2.11 bits per heavy atom. The monoisotopic (exact) mass is 272 g/mol. The van der Waals surface area contributed by atoms with E-state index in [1.165, 1.54) is 24.1 Å². The predicted molar refractivity (Wildman–Crippen MR) is 67.6 cm³/mol. The molecular formula is C13H18F2N2O2. The Hall–Kier alpha value is -1.53. The lowest BCUT2D eigenvalue weighted by molar-refractivity contribution is -0.131. The number of carbonyl (C=O) groups excluding carboxylic acids is 1. The minimum atomic E-state index is -0.977. The maximum atomic E-state index is 13.5. The van der Waals surface area contributed by atoms with Gasteiger partial charge in [0.25, 0.3) is 0 Å². The Balaban J connectivity index is 2.72. The maximum absolute atomic E-state index is 13.5. The number of hydrogen-bond donors (Lipinski definition) is 1. The molecule has 6 heteroatoms. The van der Waals surface area contributed by atoms with Crippen molar-refractivity contribution in [2.45, 2.75) is 6.42 Å². The van der Waals surface area contributed by atoms with E-state index >= 15 is 0 Å². The molecule has 1 aromatic carbocycles. The van der Waals surface area contributed by atoms with Gasteiger partial charge >= 0.3 is 0 Å². The third-order valence-electron chi connectivity index (χ3n) is 2.69. The molecule has 0 saturated carbocycles. The zero-order valence-corrected chi connectivity index (χ0v) is 10.9. The summed E-state index contributed by atoms with van der Waals surface area (Å²) in [4.78, 5) is 13.5. The number of hydrogen-bond acceptors (Lipinski definition) is 3. The van der Waals surface area contributed by atoms with Crippen LogP contribution in [-0.4, -0.2) is 44.2 Å². The van der Waals surface area contributed by atoms with Crippen LogP contribution in [0.5, 0.6) is 0 Å². The van der Waals surface area contributed by atoms with Crippen LogP contribution in [0, 0.1) is 11.6 Å². The highest BCUT2D eigenvalue weighted by Gasteiger charge is 2.16. The second-order valence-electron chi connectivity index (χ2n) is 4.05. The number of methoxy groups -OCH3 is 1. The summed E-state index contributed by atoms with van der Waals surface area (Å²) in [5.74, 6) is -2.23. The van der Waals surface area contributed by atoms with Crippen molar-refractivity contribution < 1.29 is 18.3 Å². The summed E-state index contributed by atoms with van der Waals surface area (Å²) in [6.07, 6.45) is -0.187. The fraction of sp³-hybridized carbons (Fsp3) is 0.462. The molecule has 1 aromatic rings. The van der Waals surface area contributed by atoms with Gasteiger partial charge in [-0.25, -0.2) is 8.78 Å². The summed E-state index contributed by atoms with van der Waals surface area (Å²) < 4.78 is 31.4. The standard InChI is InChI=1S/C13H18F2N2O2/c1-19-8-7-17(6-5-16)12(18)9-10-3-2-4-11(14)13(10)15/h2-4H,5-9,16H2,1H3. The van der Waals surface area contributed by atoms with Gasteiger partial charge in [0.15, 0.2) is 11.6 Å². The molecule has 0 radical (unpaired) electrons. The quantitative estimate of drug-likeness (QED) is 0.803. The first kappa shape index (κ1) is 15.5. The molecule has 0 aromatic heterocycles. The van der Waals surface area contributed by atoms with E-state index in [0.29, 0.717) is 26.2 Å². The number of nitrogens with two attached hydrogens (primary N) is 1. The summed E-state index contributed by atoms with van der Waals surface area (Å²) in [5.41, 5.74) is 5.46. The second-order valence-corrected chi connectivity index (χ2v) is 4.05. The Kier molecular flexibility index (Phi) is 6.38. The molecular weight excluding hydrogens is 254 g/mol. The number of ether oxygens (including phenoxy) is 1. The van der Waals surface area contributed by atoms with Crippen LogP contribution in [0.1, 0.15) is 5.56 Å². The van der Waals surface area contributed by atoms with E-state index in [1.54, 1.807) is 0 Å². The maximum Gasteiger partial charge on any atom is 0.227 e. The smallest absolute Gasteiger partial charge is 0.227 e. The van der Waals surface area contributed by atoms with Crippen molar-refractivity contribution >= 4 is 5.91 Å². The Morgan fingerprint density at radius 1 is 1.37 bits per heavy atom. The number of carbonyl (C=O) groups is 1. The number of nitrogens with zero attached hydrogens (tertiary/aromatic N) is 1. The number of amides is 1. The first-order valence-corrected chi connectivity index (χ1v) is 5.99. The van der Waals surface area contributed by atoms with Crippen LogP contribution < -0.4 is 5.73 Å². The van der Waals surface area contributed by atoms with E-state index in [0.717, 1.165) is 6.07 Å². The molecule has 4 nitrogen and oxygen atoms in total. The molecule has 0 bridgehead atoms. The molecule has 0 saturated heterocycles. The lowest BCUT2D eigenvalue weighted by Crippen LogP contribution is -2.38. The van der Waals surface area contributed by atoms with Crippen molar-refractivity contribution in [3.8, 4) is 0 Å². The van der Waals surface area contributed by atoms with Gasteiger partial charge in [-0.3, -0.25) is 4.79 Å². The zero-order chi connectivity index (χ0) is 14.3. The van der Waals surface area contributed by atoms with Crippen LogP contribution in [0.4, 0.5) is 8.78 Å². The third kappa shape index (κ3) is 4.57.